The molecule has 23 heavy (non-hydrogen) atoms. The summed E-state index contributed by atoms with van der Waals surface area (Å²) in [5.74, 6) is 0. The molecule has 1 aromatic heterocycles. The molecule has 3 rings (SSSR count). The monoisotopic (exact) mass is 343 g/mol. The van der Waals surface area contributed by atoms with Gasteiger partial charge in [0.2, 0.25) is 0 Å². The van der Waals surface area contributed by atoms with Gasteiger partial charge < -0.3 is 4.57 Å². The second-order valence-corrected chi connectivity index (χ2v) is 5.84. The van der Waals surface area contributed by atoms with Crippen LogP contribution in [0, 0.1) is 11.3 Å². The number of hydrogen-bond acceptors (Lipinski definition) is 3. The number of fused-ring (bicyclic) bond motifs is 1. The maximum absolute atomic E-state index is 9.55. The van der Waals surface area contributed by atoms with Crippen molar-refractivity contribution in [3.63, 3.8) is 0 Å². The molecule has 2 N–H and O–H groups in total. The summed E-state index contributed by atoms with van der Waals surface area (Å²) in [6.07, 6.45) is 0. The van der Waals surface area contributed by atoms with E-state index in [0.29, 0.717) is 10.6 Å². The highest BCUT2D eigenvalue weighted by Gasteiger charge is 2.16. The Hall–Kier alpha value is -1.93. The van der Waals surface area contributed by atoms with Crippen LogP contribution in [0.15, 0.2) is 47.4 Å². The van der Waals surface area contributed by atoms with Gasteiger partial charge >= 0.3 is 0 Å². The molecule has 0 saturated carbocycles. The Bertz CT molecular complexity index is 861. The minimum absolute atomic E-state index is 0.631. The highest BCUT2D eigenvalue weighted by molar-refractivity contribution is 7.97. The molecule has 5 heteroatoms. The molecular formula is C18H18ClN3S. The number of hydrogen-bond donors (Lipinski definition) is 1. The fourth-order valence-corrected chi connectivity index (χ4v) is 3.02. The zero-order valence-electron chi connectivity index (χ0n) is 13.3. The van der Waals surface area contributed by atoms with Crippen molar-refractivity contribution in [1.82, 2.24) is 4.57 Å². The van der Waals surface area contributed by atoms with E-state index < -0.39 is 0 Å². The third-order valence-electron chi connectivity index (χ3n) is 3.54. The number of nitrogens with zero attached hydrogens (tertiary/aromatic N) is 2. The minimum Gasteiger partial charge on any atom is -0.343 e. The Morgan fingerprint density at radius 1 is 1.13 bits per heavy atom. The Morgan fingerprint density at radius 3 is 2.35 bits per heavy atom. The SMILES string of the molecule is CC.Cn1c(-c2ccc(SN)cc2)c(C#N)c2cc(Cl)ccc21. The van der Waals surface area contributed by atoms with Crippen LogP contribution in [0.4, 0.5) is 0 Å². The molecule has 118 valence electrons. The third-order valence-corrected chi connectivity index (χ3v) is 4.32. The van der Waals surface area contributed by atoms with Crippen LogP contribution < -0.4 is 5.14 Å². The second kappa shape index (κ2) is 7.56. The highest BCUT2D eigenvalue weighted by Crippen LogP contribution is 2.34. The molecule has 0 atom stereocenters. The second-order valence-electron chi connectivity index (χ2n) is 4.70. The quantitative estimate of drug-likeness (QED) is 0.637. The van der Waals surface area contributed by atoms with E-state index in [1.54, 1.807) is 0 Å². The molecular weight excluding hydrogens is 326 g/mol. The molecule has 0 fully saturated rings. The molecule has 1 heterocycles. The van der Waals surface area contributed by atoms with Gasteiger partial charge in [-0.25, -0.2) is 0 Å². The average molecular weight is 344 g/mol. The number of nitriles is 1. The summed E-state index contributed by atoms with van der Waals surface area (Å²) in [5, 5.41) is 16.6. The lowest BCUT2D eigenvalue weighted by molar-refractivity contribution is 0.976. The zero-order chi connectivity index (χ0) is 17.0. The van der Waals surface area contributed by atoms with Crippen LogP contribution in [0.1, 0.15) is 19.4 Å². The van der Waals surface area contributed by atoms with Gasteiger partial charge in [-0.2, -0.15) is 5.26 Å². The topological polar surface area (TPSA) is 54.7 Å². The summed E-state index contributed by atoms with van der Waals surface area (Å²) < 4.78 is 2.02. The van der Waals surface area contributed by atoms with E-state index in [2.05, 4.69) is 6.07 Å². The zero-order valence-corrected chi connectivity index (χ0v) is 14.9. The van der Waals surface area contributed by atoms with Gasteiger partial charge in [0, 0.05) is 27.9 Å². The molecule has 0 spiro atoms. The molecule has 3 aromatic rings. The Morgan fingerprint density at radius 2 is 1.78 bits per heavy atom. The van der Waals surface area contributed by atoms with Crippen molar-refractivity contribution in [1.29, 1.82) is 5.26 Å². The van der Waals surface area contributed by atoms with E-state index in [1.165, 1.54) is 11.9 Å². The first kappa shape index (κ1) is 17.4. The van der Waals surface area contributed by atoms with Crippen molar-refractivity contribution >= 4 is 34.5 Å². The van der Waals surface area contributed by atoms with E-state index in [4.69, 9.17) is 16.7 Å². The lowest BCUT2D eigenvalue weighted by atomic mass is 10.1. The lowest BCUT2D eigenvalue weighted by Gasteiger charge is -2.06. The molecule has 0 radical (unpaired) electrons. The lowest BCUT2D eigenvalue weighted by Crippen LogP contribution is -1.92. The van der Waals surface area contributed by atoms with Crippen molar-refractivity contribution in [2.24, 2.45) is 12.2 Å². The van der Waals surface area contributed by atoms with Gasteiger partial charge in [-0.1, -0.05) is 37.6 Å². The Labute approximate surface area is 145 Å². The molecule has 0 saturated heterocycles. The van der Waals surface area contributed by atoms with Crippen molar-refractivity contribution < 1.29 is 0 Å². The Kier molecular flexibility index (Phi) is 5.73. The number of nitrogens with two attached hydrogens (primary N) is 1. The van der Waals surface area contributed by atoms with Gasteiger partial charge in [-0.05, 0) is 47.8 Å². The number of benzene rings is 2. The van der Waals surface area contributed by atoms with Gasteiger partial charge in [0.1, 0.15) is 6.07 Å². The van der Waals surface area contributed by atoms with Crippen molar-refractivity contribution in [3.05, 3.63) is 53.1 Å². The smallest absolute Gasteiger partial charge is 0.102 e. The van der Waals surface area contributed by atoms with Crippen LogP contribution in [0.2, 0.25) is 5.02 Å². The number of aromatic nitrogens is 1. The van der Waals surface area contributed by atoms with Crippen molar-refractivity contribution in [2.45, 2.75) is 18.7 Å². The maximum atomic E-state index is 9.55. The maximum Gasteiger partial charge on any atom is 0.102 e. The van der Waals surface area contributed by atoms with Gasteiger partial charge in [-0.3, -0.25) is 5.14 Å². The van der Waals surface area contributed by atoms with E-state index in [1.807, 2.05) is 67.9 Å². The van der Waals surface area contributed by atoms with Crippen molar-refractivity contribution in [2.75, 3.05) is 0 Å². The molecule has 2 aromatic carbocycles. The molecule has 0 unspecified atom stereocenters. The summed E-state index contributed by atoms with van der Waals surface area (Å²) in [5.41, 5.74) is 3.51. The predicted molar refractivity (Wildman–Crippen MR) is 99.5 cm³/mol. The summed E-state index contributed by atoms with van der Waals surface area (Å²) in [7, 11) is 1.96. The van der Waals surface area contributed by atoms with Crippen LogP contribution in [-0.4, -0.2) is 4.57 Å². The molecule has 0 bridgehead atoms. The summed E-state index contributed by atoms with van der Waals surface area (Å²) in [6.45, 7) is 4.00. The van der Waals surface area contributed by atoms with E-state index in [-0.39, 0.29) is 0 Å². The molecule has 0 aliphatic rings. The molecule has 3 nitrogen and oxygen atoms in total. The fraction of sp³-hybridized carbons (Fsp3) is 0.167. The van der Waals surface area contributed by atoms with Crippen LogP contribution in [0.5, 0.6) is 0 Å². The predicted octanol–water partition coefficient (Wildman–Crippen LogP) is 5.36. The first-order valence-electron chi connectivity index (χ1n) is 7.31. The molecule has 0 amide bonds. The summed E-state index contributed by atoms with van der Waals surface area (Å²) in [4.78, 5) is 0.985. The Balaban J connectivity index is 0.000000924. The van der Waals surface area contributed by atoms with Crippen molar-refractivity contribution in [3.8, 4) is 17.3 Å². The van der Waals surface area contributed by atoms with E-state index in [9.17, 15) is 5.26 Å². The first-order valence-corrected chi connectivity index (χ1v) is 8.56. The number of halogens is 1. The standard InChI is InChI=1S/C16H12ClN3S.C2H6/c1-20-15-7-4-11(17)8-13(15)14(9-18)16(20)10-2-5-12(21-19)6-3-10;1-2/h2-8H,19H2,1H3;1-2H3. The summed E-state index contributed by atoms with van der Waals surface area (Å²) >= 11 is 7.26. The average Bonchev–Trinajstić information content (AvgIpc) is 2.88. The third kappa shape index (κ3) is 3.23. The highest BCUT2D eigenvalue weighted by atomic mass is 35.5. The van der Waals surface area contributed by atoms with Crippen LogP contribution in [-0.2, 0) is 7.05 Å². The largest absolute Gasteiger partial charge is 0.343 e. The summed E-state index contributed by atoms with van der Waals surface area (Å²) in [6, 6.07) is 15.8. The fourth-order valence-electron chi connectivity index (χ4n) is 2.56. The normalized spacial score (nSPS) is 10.1. The van der Waals surface area contributed by atoms with Gasteiger partial charge in [0.25, 0.3) is 0 Å². The van der Waals surface area contributed by atoms with E-state index >= 15 is 0 Å². The number of aryl methyl sites for hydroxylation is 1. The first-order chi connectivity index (χ1) is 11.2. The van der Waals surface area contributed by atoms with Crippen LogP contribution in [0.3, 0.4) is 0 Å². The minimum atomic E-state index is 0.631. The molecule has 0 aliphatic heterocycles. The van der Waals surface area contributed by atoms with Gasteiger partial charge in [0.05, 0.1) is 11.3 Å². The van der Waals surface area contributed by atoms with Gasteiger partial charge in [0.15, 0.2) is 0 Å². The van der Waals surface area contributed by atoms with E-state index in [0.717, 1.165) is 27.1 Å². The number of rotatable bonds is 2. The van der Waals surface area contributed by atoms with Crippen LogP contribution in [0.25, 0.3) is 22.2 Å². The van der Waals surface area contributed by atoms with Gasteiger partial charge in [-0.15, -0.1) is 0 Å². The molecule has 0 aliphatic carbocycles. The van der Waals surface area contributed by atoms with Crippen LogP contribution >= 0.6 is 23.5 Å².